The summed E-state index contributed by atoms with van der Waals surface area (Å²) >= 11 is 0. The molecule has 0 aliphatic rings. The molecule has 1 heterocycles. The fraction of sp³-hybridized carbons (Fsp3) is 0.333. The van der Waals surface area contributed by atoms with Gasteiger partial charge in [0, 0.05) is 12.6 Å². The number of hydrogen-bond donors (Lipinski definition) is 1. The molecule has 2 aromatic rings. The first-order chi connectivity index (χ1) is 12.6. The topological polar surface area (TPSA) is 99.5 Å². The van der Waals surface area contributed by atoms with Gasteiger partial charge in [-0.15, -0.1) is 0 Å². The number of hydrogen-bond acceptors (Lipinski definition) is 6. The molecule has 1 aromatic carbocycles. The highest BCUT2D eigenvalue weighted by atomic mass is 16.5. The van der Waals surface area contributed by atoms with Crippen molar-refractivity contribution in [2.24, 2.45) is 0 Å². The summed E-state index contributed by atoms with van der Waals surface area (Å²) in [6.45, 7) is 2.45. The van der Waals surface area contributed by atoms with E-state index in [2.05, 4.69) is 10.4 Å². The highest BCUT2D eigenvalue weighted by Crippen LogP contribution is 2.07. The van der Waals surface area contributed by atoms with Gasteiger partial charge in [-0.2, -0.15) is 5.10 Å². The lowest BCUT2D eigenvalue weighted by molar-refractivity contribution is -0.124. The van der Waals surface area contributed by atoms with Crippen LogP contribution in [0.1, 0.15) is 23.8 Å². The van der Waals surface area contributed by atoms with Gasteiger partial charge in [-0.1, -0.05) is 25.1 Å². The van der Waals surface area contributed by atoms with Crippen molar-refractivity contribution < 1.29 is 19.1 Å². The third-order valence-electron chi connectivity index (χ3n) is 3.28. The maximum Gasteiger partial charge on any atom is 0.359 e. The Bertz CT molecular complexity index is 789. The molecule has 0 saturated carbocycles. The van der Waals surface area contributed by atoms with Crippen molar-refractivity contribution in [3.63, 3.8) is 0 Å². The quantitative estimate of drug-likeness (QED) is 0.530. The van der Waals surface area contributed by atoms with Crippen molar-refractivity contribution in [2.45, 2.75) is 19.9 Å². The average Bonchev–Trinajstić information content (AvgIpc) is 2.66. The molecule has 8 heteroatoms. The molecule has 0 saturated heterocycles. The third-order valence-corrected chi connectivity index (χ3v) is 3.28. The molecule has 1 amide bonds. The van der Waals surface area contributed by atoms with Gasteiger partial charge in [0.25, 0.3) is 11.5 Å². The minimum atomic E-state index is -0.759. The molecule has 0 unspecified atom stereocenters. The Balaban J connectivity index is 1.72. The number of rotatable bonds is 9. The molecule has 26 heavy (non-hydrogen) atoms. The van der Waals surface area contributed by atoms with Crippen LogP contribution in [-0.2, 0) is 16.1 Å². The second-order valence-corrected chi connectivity index (χ2v) is 5.37. The Morgan fingerprint density at radius 3 is 2.65 bits per heavy atom. The van der Waals surface area contributed by atoms with Gasteiger partial charge in [0.15, 0.2) is 12.3 Å². The van der Waals surface area contributed by atoms with Crippen LogP contribution in [0.25, 0.3) is 0 Å². The Labute approximate surface area is 150 Å². The molecule has 0 atom stereocenters. The minimum absolute atomic E-state index is 0.0155. The number of carbonyl (C=O) groups excluding carboxylic acids is 2. The number of carbonyl (C=O) groups is 2. The van der Waals surface area contributed by atoms with Crippen LogP contribution >= 0.6 is 0 Å². The number of esters is 1. The monoisotopic (exact) mass is 359 g/mol. The average molecular weight is 359 g/mol. The zero-order valence-electron chi connectivity index (χ0n) is 14.5. The van der Waals surface area contributed by atoms with E-state index < -0.39 is 18.5 Å². The first-order valence-corrected chi connectivity index (χ1v) is 8.30. The summed E-state index contributed by atoms with van der Waals surface area (Å²) in [5.41, 5.74) is -0.308. The molecule has 1 N–H and O–H groups in total. The molecular weight excluding hydrogens is 338 g/mol. The molecule has 0 bridgehead atoms. The number of para-hydroxylation sites is 1. The smallest absolute Gasteiger partial charge is 0.359 e. The zero-order valence-corrected chi connectivity index (χ0v) is 14.5. The van der Waals surface area contributed by atoms with E-state index in [1.54, 1.807) is 0 Å². The first-order valence-electron chi connectivity index (χ1n) is 8.30. The van der Waals surface area contributed by atoms with Crippen LogP contribution < -0.4 is 15.6 Å². The van der Waals surface area contributed by atoms with Gasteiger partial charge in [-0.25, -0.2) is 9.48 Å². The number of amides is 1. The summed E-state index contributed by atoms with van der Waals surface area (Å²) in [7, 11) is 0. The standard InChI is InChI=1S/C18H21N3O5/c1-2-11-21-17(23)9-8-15(20-21)18(24)26-13-16(22)19-10-12-25-14-6-4-3-5-7-14/h3-9H,2,10-13H2,1H3,(H,19,22). The van der Waals surface area contributed by atoms with E-state index in [-0.39, 0.29) is 17.8 Å². The van der Waals surface area contributed by atoms with Crippen molar-refractivity contribution in [2.75, 3.05) is 19.8 Å². The number of nitrogens with zero attached hydrogens (tertiary/aromatic N) is 2. The van der Waals surface area contributed by atoms with E-state index in [0.717, 1.165) is 0 Å². The van der Waals surface area contributed by atoms with Crippen LogP contribution in [0.5, 0.6) is 5.75 Å². The first kappa shape index (κ1) is 19.2. The molecule has 0 aliphatic carbocycles. The van der Waals surface area contributed by atoms with Crippen LogP contribution in [0.3, 0.4) is 0 Å². The highest BCUT2D eigenvalue weighted by molar-refractivity contribution is 5.89. The van der Waals surface area contributed by atoms with E-state index in [9.17, 15) is 14.4 Å². The Morgan fingerprint density at radius 2 is 1.92 bits per heavy atom. The van der Waals surface area contributed by atoms with Crippen molar-refractivity contribution in [3.8, 4) is 5.75 Å². The third kappa shape index (κ3) is 6.04. The maximum absolute atomic E-state index is 11.9. The SMILES string of the molecule is CCCn1nc(C(=O)OCC(=O)NCCOc2ccccc2)ccc1=O. The fourth-order valence-electron chi connectivity index (χ4n) is 2.06. The van der Waals surface area contributed by atoms with Crippen molar-refractivity contribution in [1.29, 1.82) is 0 Å². The molecule has 0 radical (unpaired) electrons. The molecular formula is C18H21N3O5. The highest BCUT2D eigenvalue weighted by Gasteiger charge is 2.13. The zero-order chi connectivity index (χ0) is 18.8. The Hall–Kier alpha value is -3.16. The summed E-state index contributed by atoms with van der Waals surface area (Å²) in [6, 6.07) is 11.7. The van der Waals surface area contributed by atoms with E-state index in [1.807, 2.05) is 37.3 Å². The number of nitrogens with one attached hydrogen (secondary N) is 1. The number of ether oxygens (including phenoxy) is 2. The molecule has 2 rings (SSSR count). The van der Waals surface area contributed by atoms with Gasteiger partial charge in [-0.3, -0.25) is 9.59 Å². The second kappa shape index (κ2) is 9.97. The summed E-state index contributed by atoms with van der Waals surface area (Å²) in [6.07, 6.45) is 0.707. The van der Waals surface area contributed by atoms with Crippen molar-refractivity contribution in [1.82, 2.24) is 15.1 Å². The van der Waals surface area contributed by atoms with Gasteiger partial charge in [0.1, 0.15) is 12.4 Å². The fourth-order valence-corrected chi connectivity index (χ4v) is 2.06. The molecule has 0 spiro atoms. The van der Waals surface area contributed by atoms with E-state index in [0.29, 0.717) is 25.3 Å². The van der Waals surface area contributed by atoms with Crippen LogP contribution in [0.4, 0.5) is 0 Å². The normalized spacial score (nSPS) is 10.2. The number of aryl methyl sites for hydroxylation is 1. The van der Waals surface area contributed by atoms with E-state index in [4.69, 9.17) is 9.47 Å². The lowest BCUT2D eigenvalue weighted by Gasteiger charge is -2.08. The summed E-state index contributed by atoms with van der Waals surface area (Å²) < 4.78 is 11.5. The van der Waals surface area contributed by atoms with Crippen molar-refractivity contribution in [3.05, 3.63) is 58.5 Å². The molecule has 0 aliphatic heterocycles. The van der Waals surface area contributed by atoms with Crippen LogP contribution in [0.2, 0.25) is 0 Å². The van der Waals surface area contributed by atoms with E-state index >= 15 is 0 Å². The summed E-state index contributed by atoms with van der Waals surface area (Å²) in [5.74, 6) is -0.496. The van der Waals surface area contributed by atoms with Gasteiger partial charge in [0.05, 0.1) is 6.54 Å². The molecule has 0 fully saturated rings. The Morgan fingerprint density at radius 1 is 1.15 bits per heavy atom. The van der Waals surface area contributed by atoms with Gasteiger partial charge >= 0.3 is 5.97 Å². The minimum Gasteiger partial charge on any atom is -0.492 e. The van der Waals surface area contributed by atoms with Crippen LogP contribution in [0.15, 0.2) is 47.3 Å². The lowest BCUT2D eigenvalue weighted by atomic mass is 10.3. The number of aromatic nitrogens is 2. The summed E-state index contributed by atoms with van der Waals surface area (Å²) in [5, 5.41) is 6.51. The molecule has 1 aromatic heterocycles. The predicted octanol–water partition coefficient (Wildman–Crippen LogP) is 1.01. The lowest BCUT2D eigenvalue weighted by Crippen LogP contribution is -2.32. The van der Waals surface area contributed by atoms with Crippen molar-refractivity contribution >= 4 is 11.9 Å². The van der Waals surface area contributed by atoms with Crippen LogP contribution in [0, 0.1) is 0 Å². The second-order valence-electron chi connectivity index (χ2n) is 5.37. The van der Waals surface area contributed by atoms with Gasteiger partial charge in [0.2, 0.25) is 0 Å². The van der Waals surface area contributed by atoms with Gasteiger partial charge < -0.3 is 14.8 Å². The largest absolute Gasteiger partial charge is 0.492 e. The summed E-state index contributed by atoms with van der Waals surface area (Å²) in [4.78, 5) is 35.2. The van der Waals surface area contributed by atoms with E-state index in [1.165, 1.54) is 16.8 Å². The van der Waals surface area contributed by atoms with Crippen LogP contribution in [-0.4, -0.2) is 41.4 Å². The molecule has 138 valence electrons. The van der Waals surface area contributed by atoms with Gasteiger partial charge in [-0.05, 0) is 24.6 Å². The number of benzene rings is 1. The Kier molecular flexibility index (Phi) is 7.35. The predicted molar refractivity (Wildman–Crippen MR) is 94.0 cm³/mol. The molecule has 8 nitrogen and oxygen atoms in total. The maximum atomic E-state index is 11.9.